The van der Waals surface area contributed by atoms with E-state index in [0.29, 0.717) is 0 Å². The van der Waals surface area contributed by atoms with Crippen LogP contribution in [0.4, 0.5) is 68.2 Å². The molecule has 0 aliphatic heterocycles. The molecule has 17 aromatic carbocycles. The SMILES string of the molecule is c1ccc(-c2cc(-c3ccc(N(c4ccccc4)c4ccccc4)cc3)c3c4ccc(-c5ccc(N(c6ccccc6)c6ccccc6)cc5)cc4c4cc(-c5ccc(N(c6ccccc6)c6ccccc6)cc5)ccc4c3c2-c2ccc(N(c3ccccc3)c3ccccc3)cc2)cc1. The molecule has 0 amide bonds. The fourth-order valence-electron chi connectivity index (χ4n) is 14.5. The van der Waals surface area contributed by atoms with Crippen molar-refractivity contribution in [3.05, 3.63) is 413 Å². The van der Waals surface area contributed by atoms with Crippen molar-refractivity contribution in [3.63, 3.8) is 0 Å². The minimum Gasteiger partial charge on any atom is -0.311 e. The lowest BCUT2D eigenvalue weighted by Crippen LogP contribution is -2.09. The molecule has 0 saturated heterocycles. The summed E-state index contributed by atoms with van der Waals surface area (Å²) in [7, 11) is 0. The number of nitrogens with zero attached hydrogens (tertiary/aromatic N) is 4. The van der Waals surface area contributed by atoms with Gasteiger partial charge in [0.05, 0.1) is 0 Å². The first-order valence-electron chi connectivity index (χ1n) is 34.2. The molecular weight excluding hydrogens is 1210 g/mol. The Labute approximate surface area is 584 Å². The predicted octanol–water partition coefficient (Wildman–Crippen LogP) is 27.4. The molecule has 100 heavy (non-hydrogen) atoms. The number of hydrogen-bond donors (Lipinski definition) is 0. The standard InChI is InChI=1S/C96H68N4/c1-10-28-71(29-11-1)90-68-91(72-50-60-86(61-51-72)99(80-38-20-6-21-39-80)81-40-22-7-23-41-81)95-88-64-54-74(69-46-56-84(57-47-69)97(76-30-12-2-13-31-76)77-32-14-3-15-33-77)66-92(88)93-67-75(70-48-58-85(59-49-70)98(78-34-16-4-17-35-78)79-36-18-5-19-37-79)55-65-89(93)96(95)94(90)73-52-62-87(63-53-73)100(82-42-24-8-25-43-82)83-44-26-9-27-45-83/h1-68H. The van der Waals surface area contributed by atoms with E-state index in [-0.39, 0.29) is 0 Å². The number of benzene rings is 17. The van der Waals surface area contributed by atoms with Crippen molar-refractivity contribution in [3.8, 4) is 55.6 Å². The van der Waals surface area contributed by atoms with Gasteiger partial charge in [0.2, 0.25) is 0 Å². The van der Waals surface area contributed by atoms with Crippen LogP contribution in [0.15, 0.2) is 413 Å². The Morgan fingerprint density at radius 2 is 0.350 bits per heavy atom. The largest absolute Gasteiger partial charge is 0.311 e. The van der Waals surface area contributed by atoms with E-state index in [2.05, 4.69) is 432 Å². The van der Waals surface area contributed by atoms with Crippen molar-refractivity contribution in [2.75, 3.05) is 19.6 Å². The van der Waals surface area contributed by atoms with Crippen molar-refractivity contribution >= 4 is 101 Å². The van der Waals surface area contributed by atoms with Crippen LogP contribution in [0.2, 0.25) is 0 Å². The van der Waals surface area contributed by atoms with E-state index >= 15 is 0 Å². The third-order valence-electron chi connectivity index (χ3n) is 19.2. The molecule has 472 valence electrons. The van der Waals surface area contributed by atoms with Gasteiger partial charge in [0.15, 0.2) is 0 Å². The van der Waals surface area contributed by atoms with Gasteiger partial charge in [-0.25, -0.2) is 0 Å². The zero-order chi connectivity index (χ0) is 66.6. The highest BCUT2D eigenvalue weighted by Crippen LogP contribution is 2.52. The molecule has 0 aliphatic rings. The molecule has 17 rings (SSSR count). The van der Waals surface area contributed by atoms with Crippen LogP contribution in [0.5, 0.6) is 0 Å². The summed E-state index contributed by atoms with van der Waals surface area (Å²) in [4.78, 5) is 9.33. The second-order valence-corrected chi connectivity index (χ2v) is 25.2. The third-order valence-corrected chi connectivity index (χ3v) is 19.2. The van der Waals surface area contributed by atoms with Crippen molar-refractivity contribution in [2.45, 2.75) is 0 Å². The van der Waals surface area contributed by atoms with Crippen LogP contribution >= 0.6 is 0 Å². The topological polar surface area (TPSA) is 13.0 Å². The van der Waals surface area contributed by atoms with Crippen LogP contribution in [0.1, 0.15) is 0 Å². The minimum absolute atomic E-state index is 1.07. The number of hydrogen-bond acceptors (Lipinski definition) is 4. The Hall–Kier alpha value is -13.3. The summed E-state index contributed by atoms with van der Waals surface area (Å²) in [6.07, 6.45) is 0. The summed E-state index contributed by atoms with van der Waals surface area (Å²) >= 11 is 0. The van der Waals surface area contributed by atoms with Crippen LogP contribution in [0, 0.1) is 0 Å². The van der Waals surface area contributed by atoms with Crippen LogP contribution in [-0.2, 0) is 0 Å². The molecule has 0 saturated carbocycles. The van der Waals surface area contributed by atoms with Gasteiger partial charge in [-0.2, -0.15) is 0 Å². The zero-order valence-corrected chi connectivity index (χ0v) is 55.0. The highest BCUT2D eigenvalue weighted by molar-refractivity contribution is 6.33. The molecule has 0 radical (unpaired) electrons. The molecule has 17 aromatic rings. The molecule has 0 fully saturated rings. The van der Waals surface area contributed by atoms with Gasteiger partial charge in [0.25, 0.3) is 0 Å². The lowest BCUT2D eigenvalue weighted by Gasteiger charge is -2.27. The van der Waals surface area contributed by atoms with Gasteiger partial charge >= 0.3 is 0 Å². The maximum Gasteiger partial charge on any atom is 0.0462 e. The van der Waals surface area contributed by atoms with Gasteiger partial charge in [0, 0.05) is 68.2 Å². The highest BCUT2D eigenvalue weighted by atomic mass is 15.2. The van der Waals surface area contributed by atoms with Crippen LogP contribution in [-0.4, -0.2) is 0 Å². The van der Waals surface area contributed by atoms with E-state index in [1.54, 1.807) is 0 Å². The Balaban J connectivity index is 0.916. The van der Waals surface area contributed by atoms with Crippen molar-refractivity contribution in [1.29, 1.82) is 0 Å². The van der Waals surface area contributed by atoms with E-state index in [1.165, 1.54) is 37.9 Å². The lowest BCUT2D eigenvalue weighted by molar-refractivity contribution is 1.28. The van der Waals surface area contributed by atoms with Gasteiger partial charge in [-0.3, -0.25) is 0 Å². The number of anilines is 12. The predicted molar refractivity (Wildman–Crippen MR) is 425 cm³/mol. The number of rotatable bonds is 17. The summed E-state index contributed by atoms with van der Waals surface area (Å²) in [6.45, 7) is 0. The molecule has 0 spiro atoms. The van der Waals surface area contributed by atoms with Gasteiger partial charge < -0.3 is 19.6 Å². The lowest BCUT2D eigenvalue weighted by atomic mass is 9.80. The fourth-order valence-corrected chi connectivity index (χ4v) is 14.5. The van der Waals surface area contributed by atoms with E-state index in [0.717, 1.165) is 118 Å². The van der Waals surface area contributed by atoms with E-state index in [9.17, 15) is 0 Å². The quantitative estimate of drug-likeness (QED) is 0.0843. The first-order chi connectivity index (χ1) is 49.6. The van der Waals surface area contributed by atoms with Crippen LogP contribution in [0.25, 0.3) is 88.0 Å². The molecule has 0 bridgehead atoms. The summed E-state index contributed by atoms with van der Waals surface area (Å²) in [5, 5.41) is 7.06. The first-order valence-corrected chi connectivity index (χ1v) is 34.2. The molecule has 0 aliphatic carbocycles. The Morgan fingerprint density at radius 3 is 0.640 bits per heavy atom. The van der Waals surface area contributed by atoms with E-state index < -0.39 is 0 Å². The maximum atomic E-state index is 2.48. The number of fused-ring (bicyclic) bond motifs is 6. The van der Waals surface area contributed by atoms with Gasteiger partial charge in [-0.15, -0.1) is 0 Å². The summed E-state index contributed by atoms with van der Waals surface area (Å²) in [5.41, 5.74) is 24.4. The monoisotopic (exact) mass is 1280 g/mol. The molecule has 4 nitrogen and oxygen atoms in total. The van der Waals surface area contributed by atoms with Crippen LogP contribution in [0.3, 0.4) is 0 Å². The van der Waals surface area contributed by atoms with Gasteiger partial charge in [0.1, 0.15) is 0 Å². The summed E-state index contributed by atoms with van der Waals surface area (Å²) < 4.78 is 0. The fraction of sp³-hybridized carbons (Fsp3) is 0. The zero-order valence-electron chi connectivity index (χ0n) is 55.0. The molecule has 0 N–H and O–H groups in total. The van der Waals surface area contributed by atoms with Crippen molar-refractivity contribution < 1.29 is 0 Å². The Morgan fingerprint density at radius 1 is 0.130 bits per heavy atom. The molecule has 0 atom stereocenters. The summed E-state index contributed by atoms with van der Waals surface area (Å²) in [6, 6.07) is 150. The smallest absolute Gasteiger partial charge is 0.0462 e. The Kier molecular flexibility index (Phi) is 16.4. The summed E-state index contributed by atoms with van der Waals surface area (Å²) in [5.74, 6) is 0. The Bertz CT molecular complexity index is 5470. The average Bonchev–Trinajstić information content (AvgIpc) is 0.706. The molecule has 0 heterocycles. The highest BCUT2D eigenvalue weighted by Gasteiger charge is 2.25. The van der Waals surface area contributed by atoms with Crippen molar-refractivity contribution in [1.82, 2.24) is 0 Å². The second kappa shape index (κ2) is 27.1. The maximum absolute atomic E-state index is 2.48. The second-order valence-electron chi connectivity index (χ2n) is 25.2. The van der Waals surface area contributed by atoms with Gasteiger partial charge in [-0.05, 0) is 252 Å². The molecular formula is C96H68N4. The third kappa shape index (κ3) is 11.8. The number of para-hydroxylation sites is 8. The first kappa shape index (κ1) is 60.4. The van der Waals surface area contributed by atoms with E-state index in [4.69, 9.17) is 0 Å². The van der Waals surface area contributed by atoms with Crippen molar-refractivity contribution in [2.24, 2.45) is 0 Å². The molecule has 0 unspecified atom stereocenters. The normalized spacial score (nSPS) is 11.2. The molecule has 0 aromatic heterocycles. The average molecular weight is 1280 g/mol. The van der Waals surface area contributed by atoms with Gasteiger partial charge in [-0.1, -0.05) is 249 Å². The minimum atomic E-state index is 1.07. The van der Waals surface area contributed by atoms with Crippen LogP contribution < -0.4 is 19.6 Å². The molecule has 4 heteroatoms. The van der Waals surface area contributed by atoms with E-state index in [1.807, 2.05) is 0 Å².